The molecule has 0 aliphatic heterocycles. The van der Waals surface area contributed by atoms with E-state index in [4.69, 9.17) is 0 Å². The number of amides is 2. The molecule has 22 heavy (non-hydrogen) atoms. The van der Waals surface area contributed by atoms with Crippen LogP contribution in [0.4, 0.5) is 4.79 Å². The Morgan fingerprint density at radius 3 is 2.55 bits per heavy atom. The summed E-state index contributed by atoms with van der Waals surface area (Å²) in [5, 5.41) is 15.1. The minimum absolute atomic E-state index is 0.0599. The van der Waals surface area contributed by atoms with Crippen LogP contribution in [0.1, 0.15) is 30.4 Å². The normalized spacial score (nSPS) is 12.2. The van der Waals surface area contributed by atoms with Gasteiger partial charge in [0.1, 0.15) is 6.10 Å². The summed E-state index contributed by atoms with van der Waals surface area (Å²) in [7, 11) is 0. The van der Waals surface area contributed by atoms with Crippen LogP contribution in [0.5, 0.6) is 0 Å². The lowest BCUT2D eigenvalue weighted by molar-refractivity contribution is 0.119. The van der Waals surface area contributed by atoms with E-state index in [0.29, 0.717) is 6.54 Å². The third-order valence-corrected chi connectivity index (χ3v) is 4.15. The van der Waals surface area contributed by atoms with Gasteiger partial charge in [0.05, 0.1) is 6.54 Å². The SMILES string of the molecule is CC(C)NC(=O)N(Cc1ccccc1)C[C@@H](O)c1cccs1. The largest absolute Gasteiger partial charge is 0.386 e. The molecule has 1 aromatic heterocycles. The molecule has 2 rings (SSSR count). The molecule has 2 N–H and O–H groups in total. The van der Waals surface area contributed by atoms with Crippen LogP contribution in [0.15, 0.2) is 47.8 Å². The third kappa shape index (κ3) is 4.86. The molecular weight excluding hydrogens is 296 g/mol. The lowest BCUT2D eigenvalue weighted by Gasteiger charge is -2.26. The van der Waals surface area contributed by atoms with E-state index in [1.54, 1.807) is 4.90 Å². The van der Waals surface area contributed by atoms with E-state index in [9.17, 15) is 9.90 Å². The number of carbonyl (C=O) groups is 1. The summed E-state index contributed by atoms with van der Waals surface area (Å²) in [5.74, 6) is 0. The number of aliphatic hydroxyl groups is 1. The molecule has 0 spiro atoms. The smallest absolute Gasteiger partial charge is 0.317 e. The summed E-state index contributed by atoms with van der Waals surface area (Å²) >= 11 is 1.50. The van der Waals surface area contributed by atoms with Crippen LogP contribution in [0.3, 0.4) is 0 Å². The first kappa shape index (κ1) is 16.5. The van der Waals surface area contributed by atoms with E-state index in [2.05, 4.69) is 5.32 Å². The van der Waals surface area contributed by atoms with Crippen molar-refractivity contribution >= 4 is 17.4 Å². The minimum Gasteiger partial charge on any atom is -0.386 e. The van der Waals surface area contributed by atoms with Crippen molar-refractivity contribution in [3.63, 3.8) is 0 Å². The lowest BCUT2D eigenvalue weighted by atomic mass is 10.2. The maximum Gasteiger partial charge on any atom is 0.317 e. The standard InChI is InChI=1S/C17H22N2O2S/c1-13(2)18-17(21)19(11-14-7-4-3-5-8-14)12-15(20)16-9-6-10-22-16/h3-10,13,15,20H,11-12H2,1-2H3,(H,18,21)/t15-/m1/s1. The van der Waals surface area contributed by atoms with E-state index in [1.165, 1.54) is 11.3 Å². The number of hydrogen-bond acceptors (Lipinski definition) is 3. The molecule has 0 aliphatic rings. The first-order valence-corrected chi connectivity index (χ1v) is 8.25. The number of hydrogen-bond donors (Lipinski definition) is 2. The van der Waals surface area contributed by atoms with Crippen molar-refractivity contribution in [2.75, 3.05) is 6.54 Å². The quantitative estimate of drug-likeness (QED) is 0.857. The average Bonchev–Trinajstić information content (AvgIpc) is 3.01. The van der Waals surface area contributed by atoms with E-state index in [1.807, 2.05) is 61.7 Å². The molecule has 0 unspecified atom stereocenters. The number of benzene rings is 1. The highest BCUT2D eigenvalue weighted by Gasteiger charge is 2.20. The Labute approximate surface area is 135 Å². The molecule has 2 amide bonds. The van der Waals surface area contributed by atoms with Crippen LogP contribution >= 0.6 is 11.3 Å². The third-order valence-electron chi connectivity index (χ3n) is 3.18. The fraction of sp³-hybridized carbons (Fsp3) is 0.353. The van der Waals surface area contributed by atoms with Gasteiger partial charge in [-0.1, -0.05) is 36.4 Å². The highest BCUT2D eigenvalue weighted by atomic mass is 32.1. The van der Waals surface area contributed by atoms with Crippen molar-refractivity contribution in [3.8, 4) is 0 Å². The highest BCUT2D eigenvalue weighted by Crippen LogP contribution is 2.20. The molecule has 5 heteroatoms. The molecule has 0 bridgehead atoms. The van der Waals surface area contributed by atoms with Crippen LogP contribution in [0, 0.1) is 0 Å². The van der Waals surface area contributed by atoms with Gasteiger partial charge >= 0.3 is 6.03 Å². The fourth-order valence-corrected chi connectivity index (χ4v) is 2.84. The second-order valence-electron chi connectivity index (χ2n) is 5.50. The van der Waals surface area contributed by atoms with Gasteiger partial charge in [-0.05, 0) is 30.9 Å². The molecule has 0 saturated heterocycles. The lowest BCUT2D eigenvalue weighted by Crippen LogP contribution is -2.44. The van der Waals surface area contributed by atoms with Gasteiger partial charge in [-0.15, -0.1) is 11.3 Å². The molecular formula is C17H22N2O2S. The van der Waals surface area contributed by atoms with E-state index < -0.39 is 6.10 Å². The number of urea groups is 1. The zero-order valence-electron chi connectivity index (χ0n) is 12.9. The Bertz CT molecular complexity index is 570. The van der Waals surface area contributed by atoms with Crippen LogP contribution in [0.2, 0.25) is 0 Å². The van der Waals surface area contributed by atoms with Gasteiger partial charge in [0.15, 0.2) is 0 Å². The first-order valence-electron chi connectivity index (χ1n) is 7.37. The summed E-state index contributed by atoms with van der Waals surface area (Å²) in [6.45, 7) is 4.60. The van der Waals surface area contributed by atoms with Gasteiger partial charge in [0, 0.05) is 17.5 Å². The molecule has 1 heterocycles. The van der Waals surface area contributed by atoms with Crippen LogP contribution in [-0.2, 0) is 6.54 Å². The number of rotatable bonds is 6. The Morgan fingerprint density at radius 1 is 1.23 bits per heavy atom. The Kier molecular flexibility index (Phi) is 5.98. The van der Waals surface area contributed by atoms with Crippen molar-refractivity contribution in [2.45, 2.75) is 32.5 Å². The highest BCUT2D eigenvalue weighted by molar-refractivity contribution is 7.10. The van der Waals surface area contributed by atoms with Gasteiger partial charge in [-0.3, -0.25) is 0 Å². The van der Waals surface area contributed by atoms with Crippen LogP contribution in [0.25, 0.3) is 0 Å². The van der Waals surface area contributed by atoms with Crippen molar-refractivity contribution in [3.05, 3.63) is 58.3 Å². The Balaban J connectivity index is 2.08. The minimum atomic E-state index is -0.665. The van der Waals surface area contributed by atoms with E-state index in [-0.39, 0.29) is 18.6 Å². The van der Waals surface area contributed by atoms with Crippen LogP contribution < -0.4 is 5.32 Å². The zero-order chi connectivity index (χ0) is 15.9. The second kappa shape index (κ2) is 7.96. The second-order valence-corrected chi connectivity index (χ2v) is 6.48. The number of nitrogens with zero attached hydrogens (tertiary/aromatic N) is 1. The molecule has 0 fully saturated rings. The van der Waals surface area contributed by atoms with Gasteiger partial charge < -0.3 is 15.3 Å². The van der Waals surface area contributed by atoms with Gasteiger partial charge in [0.2, 0.25) is 0 Å². The van der Waals surface area contributed by atoms with Gasteiger partial charge in [-0.2, -0.15) is 0 Å². The molecule has 0 radical (unpaired) electrons. The Morgan fingerprint density at radius 2 is 1.95 bits per heavy atom. The van der Waals surface area contributed by atoms with Crippen molar-refractivity contribution in [2.24, 2.45) is 0 Å². The molecule has 118 valence electrons. The van der Waals surface area contributed by atoms with Crippen molar-refractivity contribution < 1.29 is 9.90 Å². The maximum absolute atomic E-state index is 12.4. The molecule has 0 aliphatic carbocycles. The summed E-state index contributed by atoms with van der Waals surface area (Å²) in [5.41, 5.74) is 1.04. The summed E-state index contributed by atoms with van der Waals surface area (Å²) in [4.78, 5) is 14.9. The molecule has 2 aromatic rings. The maximum atomic E-state index is 12.4. The number of carbonyl (C=O) groups excluding carboxylic acids is 1. The van der Waals surface area contributed by atoms with Gasteiger partial charge in [0.25, 0.3) is 0 Å². The topological polar surface area (TPSA) is 52.6 Å². The predicted octanol–water partition coefficient (Wildman–Crippen LogP) is 3.40. The summed E-state index contributed by atoms with van der Waals surface area (Å²) in [6.07, 6.45) is -0.665. The first-order chi connectivity index (χ1) is 10.6. The Hall–Kier alpha value is -1.85. The van der Waals surface area contributed by atoms with Crippen molar-refractivity contribution in [1.82, 2.24) is 10.2 Å². The van der Waals surface area contributed by atoms with E-state index in [0.717, 1.165) is 10.4 Å². The monoisotopic (exact) mass is 318 g/mol. The zero-order valence-corrected chi connectivity index (χ0v) is 13.7. The van der Waals surface area contributed by atoms with Gasteiger partial charge in [-0.25, -0.2) is 4.79 Å². The number of aliphatic hydroxyl groups excluding tert-OH is 1. The van der Waals surface area contributed by atoms with E-state index >= 15 is 0 Å². The number of thiophene rings is 1. The fourth-order valence-electron chi connectivity index (χ4n) is 2.14. The molecule has 0 saturated carbocycles. The number of nitrogens with one attached hydrogen (secondary N) is 1. The summed E-state index contributed by atoms with van der Waals surface area (Å²) < 4.78 is 0. The predicted molar refractivity (Wildman–Crippen MR) is 89.8 cm³/mol. The molecule has 1 atom stereocenters. The van der Waals surface area contributed by atoms with Crippen molar-refractivity contribution in [1.29, 1.82) is 0 Å². The molecule has 1 aromatic carbocycles. The van der Waals surface area contributed by atoms with Crippen LogP contribution in [-0.4, -0.2) is 28.6 Å². The molecule has 4 nitrogen and oxygen atoms in total. The average molecular weight is 318 g/mol. The summed E-state index contributed by atoms with van der Waals surface area (Å²) in [6, 6.07) is 13.5.